The quantitative estimate of drug-likeness (QED) is 0.165. The highest BCUT2D eigenvalue weighted by molar-refractivity contribution is 5.85. The maximum absolute atomic E-state index is 10.5. The largest absolute Gasteiger partial charge is 0.370 e. The molecule has 0 unspecified atom stereocenters. The third-order valence-corrected chi connectivity index (χ3v) is 5.03. The van der Waals surface area contributed by atoms with Gasteiger partial charge in [-0.25, -0.2) is 0 Å². The van der Waals surface area contributed by atoms with E-state index in [9.17, 15) is 4.79 Å². The Kier molecular flexibility index (Phi) is 36.7. The van der Waals surface area contributed by atoms with Crippen molar-refractivity contribution in [1.29, 1.82) is 0 Å². The molecular formula is C27H53Cl2N3O. The summed E-state index contributed by atoms with van der Waals surface area (Å²) in [5.41, 5.74) is 6.47. The first-order chi connectivity index (χ1) is 14.6. The summed E-state index contributed by atoms with van der Waals surface area (Å²) in [5, 5.41) is 0. The van der Waals surface area contributed by atoms with E-state index < -0.39 is 0 Å². The van der Waals surface area contributed by atoms with Crippen LogP contribution in [0.2, 0.25) is 0 Å². The summed E-state index contributed by atoms with van der Waals surface area (Å²) in [6.07, 6.45) is 21.9. The Morgan fingerprint density at radius 3 is 1.70 bits per heavy atom. The van der Waals surface area contributed by atoms with E-state index in [2.05, 4.69) is 62.3 Å². The Bertz CT molecular complexity index is 525. The lowest BCUT2D eigenvalue weighted by molar-refractivity contribution is -0.118. The molecule has 1 amide bonds. The van der Waals surface area contributed by atoms with E-state index in [0.29, 0.717) is 6.42 Å². The summed E-state index contributed by atoms with van der Waals surface area (Å²) in [4.78, 5) is 12.7. The Hall–Kier alpha value is -1.07. The first-order valence-electron chi connectivity index (χ1n) is 12.2. The summed E-state index contributed by atoms with van der Waals surface area (Å²) in [5.74, 6) is -0.164. The van der Waals surface area contributed by atoms with Crippen LogP contribution < -0.4 is 11.9 Å². The molecule has 1 aromatic rings. The van der Waals surface area contributed by atoms with Crippen molar-refractivity contribution in [1.82, 2.24) is 11.1 Å². The van der Waals surface area contributed by atoms with Crippen LogP contribution in [-0.4, -0.2) is 24.9 Å². The lowest BCUT2D eigenvalue weighted by atomic mass is 10.1. The number of hydrogen-bond acceptors (Lipinski definition) is 3. The Morgan fingerprint density at radius 1 is 0.788 bits per heavy atom. The fraction of sp³-hybridized carbons (Fsp3) is 0.667. The monoisotopic (exact) mass is 505 g/mol. The minimum atomic E-state index is -0.164. The maximum Gasteiger partial charge on any atom is 0.217 e. The van der Waals surface area contributed by atoms with E-state index in [1.165, 1.54) is 76.2 Å². The van der Waals surface area contributed by atoms with Crippen LogP contribution >= 0.6 is 24.8 Å². The Labute approximate surface area is 217 Å². The topological polar surface area (TPSA) is 81.3 Å². The van der Waals surface area contributed by atoms with Crippen LogP contribution in [0.4, 0.5) is 0 Å². The number of benzene rings is 1. The molecule has 0 bridgehead atoms. The molecule has 6 heteroatoms. The molecule has 33 heavy (non-hydrogen) atoms. The van der Waals surface area contributed by atoms with Crippen molar-refractivity contribution in [2.24, 2.45) is 5.73 Å². The molecule has 0 heterocycles. The number of unbranched alkanes of at least 4 members (excludes halogenated alkanes) is 11. The van der Waals surface area contributed by atoms with Gasteiger partial charge in [-0.1, -0.05) is 101 Å². The van der Waals surface area contributed by atoms with Gasteiger partial charge in [0.25, 0.3) is 0 Å². The van der Waals surface area contributed by atoms with Crippen molar-refractivity contribution in [3.63, 3.8) is 0 Å². The molecule has 0 atom stereocenters. The normalized spacial score (nSPS) is 9.94. The van der Waals surface area contributed by atoms with Crippen molar-refractivity contribution in [2.45, 2.75) is 103 Å². The van der Waals surface area contributed by atoms with Crippen molar-refractivity contribution in [3.05, 3.63) is 48.0 Å². The number of rotatable bonds is 17. The standard InChI is InChI=1S/C18H35NO.C9H13N.2ClH.H3N/c1-2-3-4-5-6-7-8-9-10-11-12-13-14-15-16-17-18(19)20;1-10(2)8-9-6-4-3-5-7-9;;;/h9-10H,2-8,11-17H2,1H3,(H2,19,20);3-7H,8H2,1-2H3;2*1H;1H3/b10-9-;;;;. The van der Waals surface area contributed by atoms with E-state index >= 15 is 0 Å². The summed E-state index contributed by atoms with van der Waals surface area (Å²) in [6.45, 7) is 3.29. The van der Waals surface area contributed by atoms with Gasteiger partial charge in [0.1, 0.15) is 0 Å². The van der Waals surface area contributed by atoms with Crippen LogP contribution in [-0.2, 0) is 11.3 Å². The zero-order chi connectivity index (χ0) is 22.3. The van der Waals surface area contributed by atoms with Crippen LogP contribution in [0.5, 0.6) is 0 Å². The van der Waals surface area contributed by atoms with Gasteiger partial charge in [0.2, 0.25) is 5.91 Å². The number of nitrogens with two attached hydrogens (primary N) is 1. The molecule has 1 aromatic carbocycles. The van der Waals surface area contributed by atoms with Gasteiger partial charge in [0.15, 0.2) is 0 Å². The average molecular weight is 507 g/mol. The van der Waals surface area contributed by atoms with Crippen molar-refractivity contribution in [3.8, 4) is 0 Å². The molecule has 1 rings (SSSR count). The first kappa shape index (κ1) is 39.2. The molecule has 0 radical (unpaired) electrons. The smallest absolute Gasteiger partial charge is 0.217 e. The molecule has 0 aliphatic heterocycles. The van der Waals surface area contributed by atoms with Gasteiger partial charge in [0, 0.05) is 13.0 Å². The molecule has 0 aromatic heterocycles. The third kappa shape index (κ3) is 33.2. The number of halogens is 2. The van der Waals surface area contributed by atoms with E-state index in [1.807, 2.05) is 6.07 Å². The number of hydrogen-bond donors (Lipinski definition) is 2. The molecule has 0 spiro atoms. The molecule has 0 saturated carbocycles. The van der Waals surface area contributed by atoms with Gasteiger partial charge in [-0.15, -0.1) is 24.8 Å². The van der Waals surface area contributed by atoms with E-state index in [1.54, 1.807) is 0 Å². The van der Waals surface area contributed by atoms with Crippen LogP contribution in [0.15, 0.2) is 42.5 Å². The van der Waals surface area contributed by atoms with Gasteiger partial charge in [-0.3, -0.25) is 4.79 Å². The van der Waals surface area contributed by atoms with Gasteiger partial charge in [-0.2, -0.15) is 0 Å². The Balaban J connectivity index is -0.000000275. The van der Waals surface area contributed by atoms with Crippen molar-refractivity contribution in [2.75, 3.05) is 14.1 Å². The molecule has 0 fully saturated rings. The van der Waals surface area contributed by atoms with Crippen molar-refractivity contribution >= 4 is 30.7 Å². The fourth-order valence-electron chi connectivity index (χ4n) is 3.32. The summed E-state index contributed by atoms with van der Waals surface area (Å²) in [6, 6.07) is 10.5. The fourth-order valence-corrected chi connectivity index (χ4v) is 3.32. The minimum Gasteiger partial charge on any atom is -0.370 e. The van der Waals surface area contributed by atoms with E-state index in [0.717, 1.165) is 19.4 Å². The van der Waals surface area contributed by atoms with E-state index in [4.69, 9.17) is 5.73 Å². The molecular weight excluding hydrogens is 453 g/mol. The zero-order valence-corrected chi connectivity index (χ0v) is 23.2. The second-order valence-electron chi connectivity index (χ2n) is 8.52. The molecule has 0 saturated heterocycles. The van der Waals surface area contributed by atoms with Crippen LogP contribution in [0.25, 0.3) is 0 Å². The number of carbonyl (C=O) groups is 1. The van der Waals surface area contributed by atoms with Crippen LogP contribution in [0, 0.1) is 0 Å². The number of amides is 1. The molecule has 0 aliphatic rings. The molecule has 196 valence electrons. The lowest BCUT2D eigenvalue weighted by Gasteiger charge is -2.08. The lowest BCUT2D eigenvalue weighted by Crippen LogP contribution is -2.10. The SMILES string of the molecule is CCCCCCCC/C=C\CCCCCCCC(N)=O.CN(C)Cc1ccccc1.Cl.Cl.N. The predicted octanol–water partition coefficient (Wildman–Crippen LogP) is 8.26. The highest BCUT2D eigenvalue weighted by atomic mass is 35.5. The van der Waals surface area contributed by atoms with Gasteiger partial charge < -0.3 is 16.8 Å². The highest BCUT2D eigenvalue weighted by Gasteiger charge is 1.94. The maximum atomic E-state index is 10.5. The van der Waals surface area contributed by atoms with Gasteiger partial charge in [0.05, 0.1) is 0 Å². The highest BCUT2D eigenvalue weighted by Crippen LogP contribution is 2.09. The van der Waals surface area contributed by atoms with Crippen molar-refractivity contribution < 1.29 is 4.79 Å². The zero-order valence-electron chi connectivity index (χ0n) is 21.6. The number of primary amides is 1. The average Bonchev–Trinajstić information content (AvgIpc) is 2.71. The molecule has 4 nitrogen and oxygen atoms in total. The first-order valence-corrected chi connectivity index (χ1v) is 12.2. The number of allylic oxidation sites excluding steroid dienone is 2. The second kappa shape index (κ2) is 30.9. The Morgan fingerprint density at radius 2 is 1.24 bits per heavy atom. The predicted molar refractivity (Wildman–Crippen MR) is 152 cm³/mol. The minimum absolute atomic E-state index is 0. The van der Waals surface area contributed by atoms with Crippen LogP contribution in [0.3, 0.4) is 0 Å². The van der Waals surface area contributed by atoms with Crippen LogP contribution in [0.1, 0.15) is 102 Å². The summed E-state index contributed by atoms with van der Waals surface area (Å²) >= 11 is 0. The van der Waals surface area contributed by atoms with Gasteiger partial charge in [-0.05, 0) is 51.8 Å². The van der Waals surface area contributed by atoms with Gasteiger partial charge >= 0.3 is 0 Å². The number of nitrogens with zero attached hydrogens (tertiary/aromatic N) is 1. The molecule has 0 aliphatic carbocycles. The number of carbonyl (C=O) groups excluding carboxylic acids is 1. The van der Waals surface area contributed by atoms with E-state index in [-0.39, 0.29) is 36.9 Å². The second-order valence-corrected chi connectivity index (χ2v) is 8.52. The summed E-state index contributed by atoms with van der Waals surface area (Å²) in [7, 11) is 4.15. The third-order valence-electron chi connectivity index (χ3n) is 5.03. The molecule has 5 N–H and O–H groups in total. The summed E-state index contributed by atoms with van der Waals surface area (Å²) < 4.78 is 0.